The second-order valence-electron chi connectivity index (χ2n) is 5.55. The van der Waals surface area contributed by atoms with Crippen LogP contribution in [-0.2, 0) is 6.61 Å². The second kappa shape index (κ2) is 8.43. The van der Waals surface area contributed by atoms with Gasteiger partial charge in [0.2, 0.25) is 0 Å². The third kappa shape index (κ3) is 4.13. The van der Waals surface area contributed by atoms with E-state index in [0.717, 1.165) is 5.56 Å². The first-order valence-electron chi connectivity index (χ1n) is 8.09. The lowest BCUT2D eigenvalue weighted by Gasteiger charge is -2.13. The molecule has 1 N–H and O–H groups in total. The molecule has 0 spiro atoms. The molecule has 3 aromatic rings. The number of nitrogens with zero attached hydrogens (tertiary/aromatic N) is 2. The van der Waals surface area contributed by atoms with Crippen LogP contribution >= 0.6 is 11.8 Å². The van der Waals surface area contributed by atoms with E-state index in [4.69, 9.17) is 9.47 Å². The minimum atomic E-state index is -0.463. The van der Waals surface area contributed by atoms with Crippen LogP contribution in [0.25, 0.3) is 11.3 Å². The van der Waals surface area contributed by atoms with E-state index in [1.165, 1.54) is 11.8 Å². The number of hydrogen-bond acceptors (Lipinski definition) is 6. The van der Waals surface area contributed by atoms with Gasteiger partial charge >= 0.3 is 0 Å². The SMILES string of the molecule is COc1ccc(-c2nc(SC)[nH]c(=O)c2C#N)cc1OCc1ccccc1. The second-order valence-corrected chi connectivity index (χ2v) is 6.35. The zero-order valence-corrected chi connectivity index (χ0v) is 15.7. The van der Waals surface area contributed by atoms with E-state index in [0.29, 0.717) is 34.5 Å². The highest BCUT2D eigenvalue weighted by Gasteiger charge is 2.16. The van der Waals surface area contributed by atoms with Crippen molar-refractivity contribution < 1.29 is 9.47 Å². The molecular formula is C20H17N3O3S. The average Bonchev–Trinajstić information content (AvgIpc) is 2.72. The highest BCUT2D eigenvalue weighted by Crippen LogP contribution is 2.33. The van der Waals surface area contributed by atoms with E-state index < -0.39 is 5.56 Å². The molecule has 0 unspecified atom stereocenters. The number of thioether (sulfide) groups is 1. The van der Waals surface area contributed by atoms with E-state index >= 15 is 0 Å². The van der Waals surface area contributed by atoms with Gasteiger partial charge in [-0.25, -0.2) is 4.98 Å². The summed E-state index contributed by atoms with van der Waals surface area (Å²) in [4.78, 5) is 19.1. The molecule has 0 aliphatic rings. The van der Waals surface area contributed by atoms with Crippen LogP contribution in [0.2, 0.25) is 0 Å². The standard InChI is InChI=1S/C20H17N3O3S/c1-25-16-9-8-14(10-17(16)26-12-13-6-4-3-5-7-13)18-15(11-21)19(24)23-20(22-18)27-2/h3-10H,12H2,1-2H3,(H,22,23,24). The molecule has 0 amide bonds. The van der Waals surface area contributed by atoms with Crippen molar-refractivity contribution in [2.45, 2.75) is 11.8 Å². The summed E-state index contributed by atoms with van der Waals surface area (Å²) in [6.45, 7) is 0.366. The van der Waals surface area contributed by atoms with Crippen LogP contribution < -0.4 is 15.0 Å². The Hall–Kier alpha value is -3.24. The lowest BCUT2D eigenvalue weighted by molar-refractivity contribution is 0.284. The number of nitriles is 1. The predicted molar refractivity (Wildman–Crippen MR) is 104 cm³/mol. The number of hydrogen-bond donors (Lipinski definition) is 1. The van der Waals surface area contributed by atoms with Gasteiger partial charge in [0.15, 0.2) is 16.7 Å². The molecule has 0 radical (unpaired) electrons. The number of aromatic nitrogens is 2. The van der Waals surface area contributed by atoms with Gasteiger partial charge in [-0.05, 0) is 30.0 Å². The Bertz CT molecular complexity index is 1040. The molecule has 0 fully saturated rings. The van der Waals surface area contributed by atoms with Crippen molar-refractivity contribution in [3.05, 3.63) is 70.0 Å². The normalized spacial score (nSPS) is 10.3. The van der Waals surface area contributed by atoms with Crippen LogP contribution in [0, 0.1) is 11.3 Å². The average molecular weight is 379 g/mol. The summed E-state index contributed by atoms with van der Waals surface area (Å²) in [5.74, 6) is 1.07. The van der Waals surface area contributed by atoms with Crippen LogP contribution in [0.3, 0.4) is 0 Å². The molecule has 1 heterocycles. The predicted octanol–water partition coefficient (Wildman–Crippen LogP) is 3.62. The van der Waals surface area contributed by atoms with E-state index in [1.54, 1.807) is 31.6 Å². The summed E-state index contributed by atoms with van der Waals surface area (Å²) in [5.41, 5.74) is 1.44. The van der Waals surface area contributed by atoms with Crippen LogP contribution in [0.15, 0.2) is 58.5 Å². The molecule has 2 aromatic carbocycles. The first-order chi connectivity index (χ1) is 13.2. The summed E-state index contributed by atoms with van der Waals surface area (Å²) in [6, 6.07) is 16.9. The fraction of sp³-hybridized carbons (Fsp3) is 0.150. The van der Waals surface area contributed by atoms with Gasteiger partial charge in [0.25, 0.3) is 5.56 Å². The molecule has 6 nitrogen and oxygen atoms in total. The number of rotatable bonds is 6. The van der Waals surface area contributed by atoms with E-state index in [2.05, 4.69) is 9.97 Å². The molecule has 3 rings (SSSR count). The number of ether oxygens (including phenoxy) is 2. The van der Waals surface area contributed by atoms with Gasteiger partial charge in [-0.1, -0.05) is 42.1 Å². The molecule has 0 saturated heterocycles. The Balaban J connectivity index is 2.02. The van der Waals surface area contributed by atoms with Gasteiger partial charge in [0.05, 0.1) is 12.8 Å². The monoisotopic (exact) mass is 379 g/mol. The maximum Gasteiger partial charge on any atom is 0.270 e. The molecule has 136 valence electrons. The molecule has 0 saturated carbocycles. The Morgan fingerprint density at radius 3 is 2.63 bits per heavy atom. The minimum absolute atomic E-state index is 0.0352. The number of H-pyrrole nitrogens is 1. The van der Waals surface area contributed by atoms with Crippen molar-refractivity contribution >= 4 is 11.8 Å². The van der Waals surface area contributed by atoms with E-state index in [9.17, 15) is 10.1 Å². The number of nitrogens with one attached hydrogen (secondary N) is 1. The Morgan fingerprint density at radius 2 is 1.96 bits per heavy atom. The molecule has 0 bridgehead atoms. The van der Waals surface area contributed by atoms with Gasteiger partial charge < -0.3 is 14.5 Å². The third-order valence-corrected chi connectivity index (χ3v) is 4.46. The van der Waals surface area contributed by atoms with Crippen LogP contribution in [0.5, 0.6) is 11.5 Å². The smallest absolute Gasteiger partial charge is 0.270 e. The number of benzene rings is 2. The highest BCUT2D eigenvalue weighted by atomic mass is 32.2. The maximum absolute atomic E-state index is 12.2. The molecular weight excluding hydrogens is 362 g/mol. The topological polar surface area (TPSA) is 88.0 Å². The van der Waals surface area contributed by atoms with E-state index in [-0.39, 0.29) is 5.56 Å². The summed E-state index contributed by atoms with van der Waals surface area (Å²) < 4.78 is 11.3. The summed E-state index contributed by atoms with van der Waals surface area (Å²) in [7, 11) is 1.56. The molecule has 1 aromatic heterocycles. The van der Waals surface area contributed by atoms with Gasteiger partial charge in [0, 0.05) is 5.56 Å². The fourth-order valence-electron chi connectivity index (χ4n) is 2.53. The Labute approximate surface area is 160 Å². The van der Waals surface area contributed by atoms with Crippen molar-refractivity contribution in [1.82, 2.24) is 9.97 Å². The molecule has 0 atom stereocenters. The summed E-state index contributed by atoms with van der Waals surface area (Å²) in [5, 5.41) is 9.81. The van der Waals surface area contributed by atoms with Crippen molar-refractivity contribution in [1.29, 1.82) is 5.26 Å². The number of methoxy groups -OCH3 is 1. The molecule has 0 aliphatic heterocycles. The Kier molecular flexibility index (Phi) is 5.79. The lowest BCUT2D eigenvalue weighted by Crippen LogP contribution is -2.14. The van der Waals surface area contributed by atoms with Crippen LogP contribution in [-0.4, -0.2) is 23.3 Å². The summed E-state index contributed by atoms with van der Waals surface area (Å²) in [6.07, 6.45) is 1.80. The van der Waals surface area contributed by atoms with Crippen molar-refractivity contribution in [2.75, 3.05) is 13.4 Å². The molecule has 27 heavy (non-hydrogen) atoms. The van der Waals surface area contributed by atoms with Crippen LogP contribution in [0.4, 0.5) is 0 Å². The van der Waals surface area contributed by atoms with Gasteiger partial charge in [-0.15, -0.1) is 0 Å². The van der Waals surface area contributed by atoms with Crippen molar-refractivity contribution in [3.8, 4) is 28.8 Å². The van der Waals surface area contributed by atoms with Crippen molar-refractivity contribution in [2.24, 2.45) is 0 Å². The van der Waals surface area contributed by atoms with Crippen molar-refractivity contribution in [3.63, 3.8) is 0 Å². The summed E-state index contributed by atoms with van der Waals surface area (Å²) >= 11 is 1.30. The van der Waals surface area contributed by atoms with Gasteiger partial charge in [-0.2, -0.15) is 5.26 Å². The Morgan fingerprint density at radius 1 is 1.19 bits per heavy atom. The first-order valence-corrected chi connectivity index (χ1v) is 9.32. The zero-order chi connectivity index (χ0) is 19.2. The van der Waals surface area contributed by atoms with Gasteiger partial charge in [0.1, 0.15) is 18.2 Å². The highest BCUT2D eigenvalue weighted by molar-refractivity contribution is 7.98. The number of aromatic amines is 1. The molecule has 0 aliphatic carbocycles. The maximum atomic E-state index is 12.2. The fourth-order valence-corrected chi connectivity index (χ4v) is 2.91. The first kappa shape index (κ1) is 18.5. The third-order valence-electron chi connectivity index (χ3n) is 3.88. The lowest BCUT2D eigenvalue weighted by atomic mass is 10.1. The molecule has 7 heteroatoms. The quantitative estimate of drug-likeness (QED) is 0.520. The minimum Gasteiger partial charge on any atom is -0.493 e. The largest absolute Gasteiger partial charge is 0.493 e. The van der Waals surface area contributed by atoms with E-state index in [1.807, 2.05) is 36.4 Å². The van der Waals surface area contributed by atoms with Crippen LogP contribution in [0.1, 0.15) is 11.1 Å². The van der Waals surface area contributed by atoms with Gasteiger partial charge in [-0.3, -0.25) is 4.79 Å². The zero-order valence-electron chi connectivity index (χ0n) is 14.9.